The third-order valence-electron chi connectivity index (χ3n) is 2.62. The van der Waals surface area contributed by atoms with Crippen LogP contribution in [0.25, 0.3) is 0 Å². The Labute approximate surface area is 101 Å². The van der Waals surface area contributed by atoms with Gasteiger partial charge in [-0.25, -0.2) is 0 Å². The fourth-order valence-electron chi connectivity index (χ4n) is 1.87. The number of thiophene rings is 1. The average molecular weight is 287 g/mol. The first-order valence-corrected chi connectivity index (χ1v) is 6.46. The van der Waals surface area contributed by atoms with Crippen molar-refractivity contribution in [2.24, 2.45) is 0 Å². The van der Waals surface area contributed by atoms with Gasteiger partial charge in [-0.2, -0.15) is 0 Å². The summed E-state index contributed by atoms with van der Waals surface area (Å²) in [4.78, 5) is 25.0. The number of hydrogen-bond acceptors (Lipinski definition) is 3. The quantitative estimate of drug-likeness (QED) is 0.743. The lowest BCUT2D eigenvalue weighted by atomic mass is 9.86. The summed E-state index contributed by atoms with van der Waals surface area (Å²) < 4.78 is 1.08. The van der Waals surface area contributed by atoms with Crippen molar-refractivity contribution in [2.45, 2.75) is 32.1 Å². The number of rotatable bonds is 1. The van der Waals surface area contributed by atoms with Crippen molar-refractivity contribution in [3.8, 4) is 0 Å². The van der Waals surface area contributed by atoms with Gasteiger partial charge >= 0.3 is 0 Å². The summed E-state index contributed by atoms with van der Waals surface area (Å²) in [5.41, 5.74) is 0. The van der Waals surface area contributed by atoms with Gasteiger partial charge in [0.1, 0.15) is 11.6 Å². The summed E-state index contributed by atoms with van der Waals surface area (Å²) in [5, 5.41) is 0. The van der Waals surface area contributed by atoms with Crippen LogP contribution in [0.2, 0.25) is 0 Å². The van der Waals surface area contributed by atoms with Crippen LogP contribution in [0.5, 0.6) is 0 Å². The lowest BCUT2D eigenvalue weighted by Crippen LogP contribution is -2.20. The van der Waals surface area contributed by atoms with Crippen molar-refractivity contribution in [1.29, 1.82) is 0 Å². The molecular weight excluding hydrogens is 276 g/mol. The van der Waals surface area contributed by atoms with Gasteiger partial charge in [-0.1, -0.05) is 0 Å². The Morgan fingerprint density at radius 1 is 1.33 bits per heavy atom. The Hall–Kier alpha value is -0.480. The predicted octanol–water partition coefficient (Wildman–Crippen LogP) is 3.22. The molecule has 0 bridgehead atoms. The zero-order valence-corrected chi connectivity index (χ0v) is 10.8. The van der Waals surface area contributed by atoms with Crippen LogP contribution in [0.3, 0.4) is 0 Å². The summed E-state index contributed by atoms with van der Waals surface area (Å²) in [7, 11) is 0. The van der Waals surface area contributed by atoms with Crippen molar-refractivity contribution in [3.63, 3.8) is 0 Å². The van der Waals surface area contributed by atoms with E-state index in [0.717, 1.165) is 9.35 Å². The molecule has 1 saturated carbocycles. The number of aryl methyl sites for hydroxylation is 1. The first kappa shape index (κ1) is 11.0. The molecule has 1 heterocycles. The van der Waals surface area contributed by atoms with E-state index in [2.05, 4.69) is 15.9 Å². The fraction of sp³-hybridized carbons (Fsp3) is 0.455. The van der Waals surface area contributed by atoms with Crippen molar-refractivity contribution >= 4 is 38.8 Å². The fourth-order valence-corrected chi connectivity index (χ4v) is 3.53. The van der Waals surface area contributed by atoms with Crippen LogP contribution < -0.4 is 0 Å². The van der Waals surface area contributed by atoms with E-state index in [0.29, 0.717) is 12.8 Å². The van der Waals surface area contributed by atoms with E-state index >= 15 is 0 Å². The Balaban J connectivity index is 2.23. The van der Waals surface area contributed by atoms with E-state index < -0.39 is 0 Å². The highest BCUT2D eigenvalue weighted by atomic mass is 79.9. The Kier molecular flexibility index (Phi) is 3.07. The van der Waals surface area contributed by atoms with E-state index in [1.165, 1.54) is 4.88 Å². The third kappa shape index (κ3) is 2.37. The van der Waals surface area contributed by atoms with E-state index in [1.807, 2.05) is 13.0 Å². The molecule has 0 saturated heterocycles. The molecule has 4 heteroatoms. The highest BCUT2D eigenvalue weighted by Crippen LogP contribution is 2.37. The molecule has 0 spiro atoms. The summed E-state index contributed by atoms with van der Waals surface area (Å²) in [6.07, 6.45) is 1.19. The monoisotopic (exact) mass is 286 g/mol. The topological polar surface area (TPSA) is 34.1 Å². The van der Waals surface area contributed by atoms with Crippen LogP contribution in [0.4, 0.5) is 0 Å². The minimum atomic E-state index is 0.0819. The molecule has 1 aromatic heterocycles. The SMILES string of the molecule is Cc1sc(C2CC(=O)CC(=O)C2)cc1Br. The zero-order valence-electron chi connectivity index (χ0n) is 8.38. The predicted molar refractivity (Wildman–Crippen MR) is 63.4 cm³/mol. The zero-order chi connectivity index (χ0) is 11.0. The standard InChI is InChI=1S/C11H11BrO2S/c1-6-10(12)5-11(15-6)7-2-8(13)4-9(14)3-7/h5,7H,2-4H2,1H3. The van der Waals surface area contributed by atoms with Crippen LogP contribution in [0.1, 0.15) is 34.9 Å². The van der Waals surface area contributed by atoms with Crippen molar-refractivity contribution < 1.29 is 9.59 Å². The van der Waals surface area contributed by atoms with Gasteiger partial charge in [0.25, 0.3) is 0 Å². The highest BCUT2D eigenvalue weighted by molar-refractivity contribution is 9.10. The van der Waals surface area contributed by atoms with Gasteiger partial charge in [0, 0.05) is 33.0 Å². The van der Waals surface area contributed by atoms with Gasteiger partial charge in [-0.05, 0) is 28.9 Å². The second kappa shape index (κ2) is 4.18. The lowest BCUT2D eigenvalue weighted by molar-refractivity contribution is -0.130. The molecule has 0 aliphatic heterocycles. The number of Topliss-reactive ketones (excluding diaryl/α,β-unsaturated/α-hetero) is 2. The first-order valence-electron chi connectivity index (χ1n) is 4.85. The Morgan fingerprint density at radius 3 is 2.40 bits per heavy atom. The van der Waals surface area contributed by atoms with Crippen LogP contribution in [0, 0.1) is 6.92 Å². The lowest BCUT2D eigenvalue weighted by Gasteiger charge is -2.18. The first-order chi connectivity index (χ1) is 7.06. The maximum Gasteiger partial charge on any atom is 0.140 e. The Bertz CT molecular complexity index is 387. The van der Waals surface area contributed by atoms with Crippen LogP contribution in [0.15, 0.2) is 10.5 Å². The number of hydrogen-bond donors (Lipinski definition) is 0. The molecule has 1 aliphatic rings. The van der Waals surface area contributed by atoms with Crippen LogP contribution >= 0.6 is 27.3 Å². The maximum absolute atomic E-state index is 11.3. The second-order valence-electron chi connectivity index (χ2n) is 3.91. The Morgan fingerprint density at radius 2 is 1.93 bits per heavy atom. The minimum absolute atomic E-state index is 0.0819. The number of halogens is 1. The summed E-state index contributed by atoms with van der Waals surface area (Å²) in [5.74, 6) is 0.283. The van der Waals surface area contributed by atoms with E-state index in [9.17, 15) is 9.59 Å². The summed E-state index contributed by atoms with van der Waals surface area (Å²) >= 11 is 5.13. The molecule has 0 amide bonds. The summed E-state index contributed by atoms with van der Waals surface area (Å²) in [6, 6.07) is 2.04. The average Bonchev–Trinajstić information content (AvgIpc) is 2.45. The largest absolute Gasteiger partial charge is 0.299 e. The normalized spacial score (nSPS) is 18.5. The smallest absolute Gasteiger partial charge is 0.140 e. The molecule has 2 nitrogen and oxygen atoms in total. The van der Waals surface area contributed by atoms with Gasteiger partial charge in [0.05, 0.1) is 6.42 Å². The number of carbonyl (C=O) groups is 2. The van der Waals surface area contributed by atoms with E-state index in [4.69, 9.17) is 0 Å². The molecule has 80 valence electrons. The molecule has 0 radical (unpaired) electrons. The third-order valence-corrected chi connectivity index (χ3v) is 4.92. The highest BCUT2D eigenvalue weighted by Gasteiger charge is 2.27. The molecule has 1 aromatic rings. The maximum atomic E-state index is 11.3. The number of carbonyl (C=O) groups excluding carboxylic acids is 2. The van der Waals surface area contributed by atoms with Crippen molar-refractivity contribution in [1.82, 2.24) is 0 Å². The molecule has 0 aromatic carbocycles. The molecule has 0 unspecified atom stereocenters. The molecule has 0 atom stereocenters. The van der Waals surface area contributed by atoms with Gasteiger partial charge in [-0.3, -0.25) is 9.59 Å². The van der Waals surface area contributed by atoms with E-state index in [-0.39, 0.29) is 23.9 Å². The van der Waals surface area contributed by atoms with Crippen molar-refractivity contribution in [2.75, 3.05) is 0 Å². The molecule has 15 heavy (non-hydrogen) atoms. The van der Waals surface area contributed by atoms with Crippen molar-refractivity contribution in [3.05, 3.63) is 20.3 Å². The molecule has 1 fully saturated rings. The van der Waals surface area contributed by atoms with Gasteiger partial charge in [0.15, 0.2) is 0 Å². The van der Waals surface area contributed by atoms with Gasteiger partial charge < -0.3 is 0 Å². The second-order valence-corrected chi connectivity index (χ2v) is 6.05. The van der Waals surface area contributed by atoms with Gasteiger partial charge in [-0.15, -0.1) is 11.3 Å². The molecular formula is C11H11BrO2S. The van der Waals surface area contributed by atoms with E-state index in [1.54, 1.807) is 11.3 Å². The van der Waals surface area contributed by atoms with Crippen LogP contribution in [-0.4, -0.2) is 11.6 Å². The summed E-state index contributed by atoms with van der Waals surface area (Å²) in [6.45, 7) is 2.03. The molecule has 0 N–H and O–H groups in total. The van der Waals surface area contributed by atoms with Crippen LogP contribution in [-0.2, 0) is 9.59 Å². The van der Waals surface area contributed by atoms with Gasteiger partial charge in [0.2, 0.25) is 0 Å². The molecule has 2 rings (SSSR count). The number of ketones is 2. The minimum Gasteiger partial charge on any atom is -0.299 e. The molecule has 1 aliphatic carbocycles.